The summed E-state index contributed by atoms with van der Waals surface area (Å²) in [5.74, 6) is -0.486. The van der Waals surface area contributed by atoms with E-state index in [0.717, 1.165) is 5.56 Å². The molecule has 2 rings (SSSR count). The summed E-state index contributed by atoms with van der Waals surface area (Å²) >= 11 is 0. The van der Waals surface area contributed by atoms with E-state index in [9.17, 15) is 14.7 Å². The Balaban J connectivity index is 1.99. The number of carbonyl (C=O) groups excluding carboxylic acids is 2. The first-order chi connectivity index (χ1) is 10.1. The molecule has 0 saturated heterocycles. The maximum atomic E-state index is 12.0. The number of ether oxygens (including phenoxy) is 1. The van der Waals surface area contributed by atoms with Crippen molar-refractivity contribution >= 4 is 11.8 Å². The number of phenols is 1. The molecule has 21 heavy (non-hydrogen) atoms. The first-order valence-corrected chi connectivity index (χ1v) is 6.60. The van der Waals surface area contributed by atoms with Crippen molar-refractivity contribution in [2.45, 2.75) is 12.8 Å². The van der Waals surface area contributed by atoms with Crippen LogP contribution in [0.15, 0.2) is 48.5 Å². The van der Waals surface area contributed by atoms with Gasteiger partial charge in [0, 0.05) is 6.42 Å². The Hall–Kier alpha value is -2.62. The monoisotopic (exact) mass is 284 g/mol. The Labute approximate surface area is 123 Å². The molecule has 0 aliphatic heterocycles. The number of phenolic OH excluding ortho intramolecular Hbond substituents is 1. The number of carbonyl (C=O) groups is 2. The summed E-state index contributed by atoms with van der Waals surface area (Å²) in [5.41, 5.74) is 1.77. The van der Waals surface area contributed by atoms with Gasteiger partial charge in [-0.25, -0.2) is 4.79 Å². The molecule has 0 unspecified atom stereocenters. The van der Waals surface area contributed by atoms with Crippen LogP contribution in [0.1, 0.15) is 32.7 Å². The normalized spacial score (nSPS) is 10.1. The van der Waals surface area contributed by atoms with E-state index < -0.39 is 0 Å². The molecule has 0 fully saturated rings. The fraction of sp³-hybridized carbons (Fsp3) is 0.176. The predicted octanol–water partition coefficient (Wildman–Crippen LogP) is 2.99. The van der Waals surface area contributed by atoms with Crippen LogP contribution in [0, 0.1) is 0 Å². The van der Waals surface area contributed by atoms with Crippen molar-refractivity contribution in [3.63, 3.8) is 0 Å². The smallest absolute Gasteiger partial charge is 0.337 e. The Bertz CT molecular complexity index is 644. The van der Waals surface area contributed by atoms with E-state index in [1.54, 1.807) is 42.5 Å². The second-order valence-electron chi connectivity index (χ2n) is 4.63. The third-order valence-corrected chi connectivity index (χ3v) is 3.22. The minimum atomic E-state index is -0.383. The summed E-state index contributed by atoms with van der Waals surface area (Å²) in [6, 6.07) is 13.4. The molecule has 0 heterocycles. The SMILES string of the molecule is COC(=O)c1ccc(CCC(=O)c2ccccc2O)cc1. The molecule has 0 atom stereocenters. The summed E-state index contributed by atoms with van der Waals surface area (Å²) in [4.78, 5) is 23.3. The molecule has 4 nitrogen and oxygen atoms in total. The fourth-order valence-corrected chi connectivity index (χ4v) is 2.03. The van der Waals surface area contributed by atoms with Crippen LogP contribution >= 0.6 is 0 Å². The minimum absolute atomic E-state index is 0.00328. The molecular weight excluding hydrogens is 268 g/mol. The lowest BCUT2D eigenvalue weighted by atomic mass is 10.0. The van der Waals surface area contributed by atoms with Gasteiger partial charge < -0.3 is 9.84 Å². The average molecular weight is 284 g/mol. The second kappa shape index (κ2) is 6.70. The highest BCUT2D eigenvalue weighted by Crippen LogP contribution is 2.18. The number of esters is 1. The Morgan fingerprint density at radius 1 is 1.05 bits per heavy atom. The Morgan fingerprint density at radius 2 is 1.71 bits per heavy atom. The fourth-order valence-electron chi connectivity index (χ4n) is 2.03. The summed E-state index contributed by atoms with van der Waals surface area (Å²) in [5, 5.41) is 9.63. The Kier molecular flexibility index (Phi) is 4.72. The lowest BCUT2D eigenvalue weighted by Gasteiger charge is -2.05. The van der Waals surface area contributed by atoms with Gasteiger partial charge in [0.05, 0.1) is 18.2 Å². The first-order valence-electron chi connectivity index (χ1n) is 6.60. The van der Waals surface area contributed by atoms with Crippen LogP contribution in [0.25, 0.3) is 0 Å². The molecule has 0 aliphatic rings. The lowest BCUT2D eigenvalue weighted by molar-refractivity contribution is 0.0600. The van der Waals surface area contributed by atoms with Gasteiger partial charge in [-0.3, -0.25) is 4.79 Å². The molecule has 0 spiro atoms. The molecule has 0 aromatic heterocycles. The van der Waals surface area contributed by atoms with Crippen molar-refractivity contribution in [2.75, 3.05) is 7.11 Å². The van der Waals surface area contributed by atoms with E-state index in [4.69, 9.17) is 0 Å². The average Bonchev–Trinajstić information content (AvgIpc) is 2.52. The van der Waals surface area contributed by atoms with Crippen molar-refractivity contribution < 1.29 is 19.4 Å². The van der Waals surface area contributed by atoms with Crippen LogP contribution in [0.3, 0.4) is 0 Å². The second-order valence-corrected chi connectivity index (χ2v) is 4.63. The third-order valence-electron chi connectivity index (χ3n) is 3.22. The van der Waals surface area contributed by atoms with Gasteiger partial charge in [-0.2, -0.15) is 0 Å². The number of Topliss-reactive ketones (excluding diaryl/α,β-unsaturated/α-hetero) is 1. The van der Waals surface area contributed by atoms with Crippen LogP contribution in [0.2, 0.25) is 0 Å². The molecule has 108 valence electrons. The van der Waals surface area contributed by atoms with E-state index in [2.05, 4.69) is 4.74 Å². The molecule has 0 radical (unpaired) electrons. The third kappa shape index (κ3) is 3.69. The summed E-state index contributed by atoms with van der Waals surface area (Å²) in [6.45, 7) is 0. The Morgan fingerprint density at radius 3 is 2.33 bits per heavy atom. The topological polar surface area (TPSA) is 63.6 Å². The lowest BCUT2D eigenvalue weighted by Crippen LogP contribution is -2.03. The number of para-hydroxylation sites is 1. The van der Waals surface area contributed by atoms with Gasteiger partial charge in [0.25, 0.3) is 0 Å². The highest BCUT2D eigenvalue weighted by atomic mass is 16.5. The number of methoxy groups -OCH3 is 1. The van der Waals surface area contributed by atoms with Crippen LogP contribution in [0.4, 0.5) is 0 Å². The maximum Gasteiger partial charge on any atom is 0.337 e. The van der Waals surface area contributed by atoms with Crippen LogP contribution < -0.4 is 0 Å². The molecule has 0 saturated carbocycles. The van der Waals surface area contributed by atoms with Crippen molar-refractivity contribution in [2.24, 2.45) is 0 Å². The van der Waals surface area contributed by atoms with Crippen LogP contribution in [0.5, 0.6) is 5.75 Å². The zero-order chi connectivity index (χ0) is 15.2. The summed E-state index contributed by atoms with van der Waals surface area (Å²) in [7, 11) is 1.33. The molecule has 0 aliphatic carbocycles. The zero-order valence-corrected chi connectivity index (χ0v) is 11.7. The summed E-state index contributed by atoms with van der Waals surface area (Å²) in [6.07, 6.45) is 0.851. The van der Waals surface area contributed by atoms with E-state index >= 15 is 0 Å². The molecule has 4 heteroatoms. The number of rotatable bonds is 5. The van der Waals surface area contributed by atoms with Crippen molar-refractivity contribution in [3.05, 3.63) is 65.2 Å². The van der Waals surface area contributed by atoms with Gasteiger partial charge in [0.1, 0.15) is 5.75 Å². The standard InChI is InChI=1S/C17H16O4/c1-21-17(20)13-9-6-12(7-10-13)8-11-16(19)14-4-2-3-5-15(14)18/h2-7,9-10,18H,8,11H2,1H3. The van der Waals surface area contributed by atoms with E-state index in [-0.39, 0.29) is 17.5 Å². The van der Waals surface area contributed by atoms with Crippen LogP contribution in [-0.2, 0) is 11.2 Å². The van der Waals surface area contributed by atoms with Crippen molar-refractivity contribution in [1.29, 1.82) is 0 Å². The highest BCUT2D eigenvalue weighted by Gasteiger charge is 2.10. The summed E-state index contributed by atoms with van der Waals surface area (Å²) < 4.78 is 4.62. The van der Waals surface area contributed by atoms with Crippen LogP contribution in [-0.4, -0.2) is 24.0 Å². The number of benzene rings is 2. The highest BCUT2D eigenvalue weighted by molar-refractivity contribution is 5.98. The van der Waals surface area contributed by atoms with Gasteiger partial charge in [-0.05, 0) is 36.2 Å². The molecule has 0 amide bonds. The minimum Gasteiger partial charge on any atom is -0.507 e. The van der Waals surface area contributed by atoms with Gasteiger partial charge in [-0.15, -0.1) is 0 Å². The molecule has 2 aromatic rings. The molecular formula is C17H16O4. The molecule has 2 aromatic carbocycles. The quantitative estimate of drug-likeness (QED) is 0.677. The number of hydrogen-bond acceptors (Lipinski definition) is 4. The van der Waals surface area contributed by atoms with Gasteiger partial charge in [0.2, 0.25) is 0 Å². The van der Waals surface area contributed by atoms with Crippen molar-refractivity contribution in [1.82, 2.24) is 0 Å². The van der Waals surface area contributed by atoms with E-state index in [0.29, 0.717) is 24.0 Å². The number of hydrogen-bond donors (Lipinski definition) is 1. The largest absolute Gasteiger partial charge is 0.507 e. The van der Waals surface area contributed by atoms with E-state index in [1.807, 2.05) is 0 Å². The molecule has 1 N–H and O–H groups in total. The van der Waals surface area contributed by atoms with Gasteiger partial charge >= 0.3 is 5.97 Å². The maximum absolute atomic E-state index is 12.0. The number of ketones is 1. The number of aryl methyl sites for hydroxylation is 1. The first kappa shape index (κ1) is 14.8. The number of aromatic hydroxyl groups is 1. The van der Waals surface area contributed by atoms with Gasteiger partial charge in [0.15, 0.2) is 5.78 Å². The van der Waals surface area contributed by atoms with E-state index in [1.165, 1.54) is 13.2 Å². The predicted molar refractivity (Wildman–Crippen MR) is 78.5 cm³/mol. The van der Waals surface area contributed by atoms with Gasteiger partial charge in [-0.1, -0.05) is 24.3 Å². The molecule has 0 bridgehead atoms. The zero-order valence-electron chi connectivity index (χ0n) is 11.7. The van der Waals surface area contributed by atoms with Crippen molar-refractivity contribution in [3.8, 4) is 5.75 Å².